The quantitative estimate of drug-likeness (QED) is 0.856. The van der Waals surface area contributed by atoms with E-state index in [-0.39, 0.29) is 18.4 Å². The first-order chi connectivity index (χ1) is 11.7. The zero-order chi connectivity index (χ0) is 16.8. The highest BCUT2D eigenvalue weighted by atomic mass is 16.6. The first-order valence-corrected chi connectivity index (χ1v) is 7.73. The van der Waals surface area contributed by atoms with Gasteiger partial charge < -0.3 is 20.1 Å². The minimum Gasteiger partial charge on any atom is -0.493 e. The SMILES string of the molecule is O=C(CCOc1ccccc1)Nc1ccc(C2CNC(=O)O2)cc1. The molecule has 0 saturated carbocycles. The van der Waals surface area contributed by atoms with Crippen LogP contribution in [0.25, 0.3) is 0 Å². The number of alkyl carbamates (subject to hydrolysis) is 1. The van der Waals surface area contributed by atoms with Crippen LogP contribution in [-0.4, -0.2) is 25.2 Å². The number of ether oxygens (including phenoxy) is 2. The lowest BCUT2D eigenvalue weighted by molar-refractivity contribution is -0.116. The molecule has 2 aromatic rings. The van der Waals surface area contributed by atoms with E-state index in [1.54, 1.807) is 12.1 Å². The third-order valence-electron chi connectivity index (χ3n) is 3.59. The molecule has 1 heterocycles. The maximum Gasteiger partial charge on any atom is 0.407 e. The van der Waals surface area contributed by atoms with Gasteiger partial charge in [-0.1, -0.05) is 30.3 Å². The van der Waals surface area contributed by atoms with E-state index in [2.05, 4.69) is 10.6 Å². The Morgan fingerprint density at radius 1 is 1.17 bits per heavy atom. The monoisotopic (exact) mass is 326 g/mol. The molecule has 2 N–H and O–H groups in total. The van der Waals surface area contributed by atoms with Crippen molar-refractivity contribution >= 4 is 17.7 Å². The van der Waals surface area contributed by atoms with Gasteiger partial charge in [-0.15, -0.1) is 0 Å². The summed E-state index contributed by atoms with van der Waals surface area (Å²) in [4.78, 5) is 23.0. The average molecular weight is 326 g/mol. The smallest absolute Gasteiger partial charge is 0.407 e. The fraction of sp³-hybridized carbons (Fsp3) is 0.222. The van der Waals surface area contributed by atoms with Crippen LogP contribution in [0, 0.1) is 0 Å². The largest absolute Gasteiger partial charge is 0.493 e. The lowest BCUT2D eigenvalue weighted by Gasteiger charge is -2.10. The normalized spacial score (nSPS) is 16.2. The Balaban J connectivity index is 1.45. The topological polar surface area (TPSA) is 76.7 Å². The van der Waals surface area contributed by atoms with E-state index < -0.39 is 6.09 Å². The van der Waals surface area contributed by atoms with Crippen molar-refractivity contribution in [3.8, 4) is 5.75 Å². The van der Waals surface area contributed by atoms with Crippen LogP contribution >= 0.6 is 0 Å². The second-order valence-electron chi connectivity index (χ2n) is 5.36. The molecule has 6 heteroatoms. The van der Waals surface area contributed by atoms with Crippen LogP contribution in [0.4, 0.5) is 10.5 Å². The standard InChI is InChI=1S/C18H18N2O4/c21-17(10-11-23-15-4-2-1-3-5-15)20-14-8-6-13(7-9-14)16-12-19-18(22)24-16/h1-9,16H,10-12H2,(H,19,22)(H,20,21). The molecule has 1 fully saturated rings. The molecule has 6 nitrogen and oxygen atoms in total. The van der Waals surface area contributed by atoms with Crippen LogP contribution in [0.1, 0.15) is 18.1 Å². The average Bonchev–Trinajstić information content (AvgIpc) is 3.03. The number of rotatable bonds is 6. The Morgan fingerprint density at radius 2 is 1.92 bits per heavy atom. The number of carbonyl (C=O) groups excluding carboxylic acids is 2. The Labute approximate surface area is 139 Å². The Morgan fingerprint density at radius 3 is 2.58 bits per heavy atom. The van der Waals surface area contributed by atoms with Gasteiger partial charge in [0.2, 0.25) is 5.91 Å². The molecule has 0 aromatic heterocycles. The molecule has 0 spiro atoms. The summed E-state index contributed by atoms with van der Waals surface area (Å²) in [5.74, 6) is 0.627. The van der Waals surface area contributed by atoms with E-state index in [0.29, 0.717) is 18.8 Å². The fourth-order valence-corrected chi connectivity index (χ4v) is 2.36. The lowest BCUT2D eigenvalue weighted by Crippen LogP contribution is -2.15. The molecule has 1 saturated heterocycles. The number of para-hydroxylation sites is 1. The van der Waals surface area contributed by atoms with E-state index in [1.807, 2.05) is 42.5 Å². The summed E-state index contributed by atoms with van der Waals surface area (Å²) in [5.41, 5.74) is 1.58. The van der Waals surface area contributed by atoms with Gasteiger partial charge in [-0.2, -0.15) is 0 Å². The predicted molar refractivity (Wildman–Crippen MR) is 88.9 cm³/mol. The second kappa shape index (κ2) is 7.50. The molecule has 0 aliphatic carbocycles. The molecule has 2 aromatic carbocycles. The van der Waals surface area contributed by atoms with Crippen molar-refractivity contribution in [1.82, 2.24) is 5.32 Å². The summed E-state index contributed by atoms with van der Waals surface area (Å²) in [5, 5.41) is 5.42. The third kappa shape index (κ3) is 4.25. The lowest BCUT2D eigenvalue weighted by atomic mass is 10.1. The molecule has 0 bridgehead atoms. The molecule has 1 atom stereocenters. The summed E-state index contributed by atoms with van der Waals surface area (Å²) < 4.78 is 10.6. The first kappa shape index (κ1) is 15.9. The second-order valence-corrected chi connectivity index (χ2v) is 5.36. The molecule has 0 radical (unpaired) electrons. The number of benzene rings is 2. The van der Waals surface area contributed by atoms with Gasteiger partial charge in [0.15, 0.2) is 0 Å². The minimum absolute atomic E-state index is 0.118. The van der Waals surface area contributed by atoms with E-state index in [4.69, 9.17) is 9.47 Å². The van der Waals surface area contributed by atoms with Crippen LogP contribution < -0.4 is 15.4 Å². The Hall–Kier alpha value is -3.02. The van der Waals surface area contributed by atoms with Crippen molar-refractivity contribution in [2.75, 3.05) is 18.5 Å². The Kier molecular flexibility index (Phi) is 4.96. The van der Waals surface area contributed by atoms with Crippen molar-refractivity contribution in [2.45, 2.75) is 12.5 Å². The highest BCUT2D eigenvalue weighted by Gasteiger charge is 2.23. The molecule has 24 heavy (non-hydrogen) atoms. The van der Waals surface area contributed by atoms with Crippen molar-refractivity contribution < 1.29 is 19.1 Å². The van der Waals surface area contributed by atoms with Crippen molar-refractivity contribution in [2.24, 2.45) is 0 Å². The van der Waals surface area contributed by atoms with E-state index >= 15 is 0 Å². The van der Waals surface area contributed by atoms with Gasteiger partial charge in [0.25, 0.3) is 0 Å². The minimum atomic E-state index is -0.407. The van der Waals surface area contributed by atoms with Crippen LogP contribution in [0.15, 0.2) is 54.6 Å². The van der Waals surface area contributed by atoms with E-state index in [1.165, 1.54) is 0 Å². The molecule has 2 amide bonds. The predicted octanol–water partition coefficient (Wildman–Crippen LogP) is 2.88. The van der Waals surface area contributed by atoms with Gasteiger partial charge in [0, 0.05) is 5.69 Å². The van der Waals surface area contributed by atoms with Gasteiger partial charge in [-0.05, 0) is 29.8 Å². The third-order valence-corrected chi connectivity index (χ3v) is 3.59. The molecule has 1 aliphatic heterocycles. The summed E-state index contributed by atoms with van der Waals surface area (Å²) in [6.07, 6.45) is -0.418. The summed E-state index contributed by atoms with van der Waals surface area (Å²) >= 11 is 0. The van der Waals surface area contributed by atoms with Gasteiger partial charge in [-0.25, -0.2) is 4.79 Å². The maximum atomic E-state index is 11.9. The summed E-state index contributed by atoms with van der Waals surface area (Å²) in [6.45, 7) is 0.777. The van der Waals surface area contributed by atoms with Gasteiger partial charge in [-0.3, -0.25) is 4.79 Å². The highest BCUT2D eigenvalue weighted by Crippen LogP contribution is 2.22. The number of anilines is 1. The summed E-state index contributed by atoms with van der Waals surface area (Å²) in [7, 11) is 0. The number of carbonyl (C=O) groups is 2. The van der Waals surface area contributed by atoms with Crippen LogP contribution in [0.2, 0.25) is 0 Å². The van der Waals surface area contributed by atoms with Crippen LogP contribution in [-0.2, 0) is 9.53 Å². The number of hydrogen-bond donors (Lipinski definition) is 2. The first-order valence-electron chi connectivity index (χ1n) is 7.73. The van der Waals surface area contributed by atoms with Crippen LogP contribution in [0.5, 0.6) is 5.75 Å². The Bertz CT molecular complexity index is 701. The zero-order valence-corrected chi connectivity index (χ0v) is 13.0. The number of cyclic esters (lactones) is 1. The number of hydrogen-bond acceptors (Lipinski definition) is 4. The van der Waals surface area contributed by atoms with Crippen molar-refractivity contribution in [1.29, 1.82) is 0 Å². The molecule has 1 aliphatic rings. The fourth-order valence-electron chi connectivity index (χ4n) is 2.36. The van der Waals surface area contributed by atoms with Crippen molar-refractivity contribution in [3.05, 3.63) is 60.2 Å². The molecule has 3 rings (SSSR count). The number of nitrogens with one attached hydrogen (secondary N) is 2. The maximum absolute atomic E-state index is 11.9. The van der Waals surface area contributed by atoms with Crippen LogP contribution in [0.3, 0.4) is 0 Å². The van der Waals surface area contributed by atoms with Gasteiger partial charge in [0.1, 0.15) is 11.9 Å². The molecule has 1 unspecified atom stereocenters. The van der Waals surface area contributed by atoms with Gasteiger partial charge in [0.05, 0.1) is 19.6 Å². The molecular formula is C18H18N2O4. The molecule has 124 valence electrons. The number of amides is 2. The van der Waals surface area contributed by atoms with Gasteiger partial charge >= 0.3 is 6.09 Å². The summed E-state index contributed by atoms with van der Waals surface area (Å²) in [6, 6.07) is 16.6. The van der Waals surface area contributed by atoms with E-state index in [0.717, 1.165) is 11.3 Å². The van der Waals surface area contributed by atoms with Crippen molar-refractivity contribution in [3.63, 3.8) is 0 Å². The zero-order valence-electron chi connectivity index (χ0n) is 13.0. The van der Waals surface area contributed by atoms with E-state index in [9.17, 15) is 9.59 Å². The highest BCUT2D eigenvalue weighted by molar-refractivity contribution is 5.90. The molecular weight excluding hydrogens is 308 g/mol.